The van der Waals surface area contributed by atoms with Crippen LogP contribution in [0.2, 0.25) is 0 Å². The van der Waals surface area contributed by atoms with Crippen LogP contribution in [0.1, 0.15) is 18.5 Å². The summed E-state index contributed by atoms with van der Waals surface area (Å²) in [6, 6.07) is 8.55. The van der Waals surface area contributed by atoms with Gasteiger partial charge < -0.3 is 10.1 Å². The molecule has 0 fully saturated rings. The van der Waals surface area contributed by atoms with Crippen LogP contribution < -0.4 is 10.1 Å². The highest BCUT2D eigenvalue weighted by Gasteiger charge is 2.12. The molecular formula is C15H21N3OS. The van der Waals surface area contributed by atoms with Crippen molar-refractivity contribution in [2.75, 3.05) is 19.4 Å². The van der Waals surface area contributed by atoms with Crippen LogP contribution in [0.4, 0.5) is 0 Å². The van der Waals surface area contributed by atoms with Gasteiger partial charge in [-0.3, -0.25) is 4.68 Å². The van der Waals surface area contributed by atoms with Gasteiger partial charge in [0, 0.05) is 29.9 Å². The van der Waals surface area contributed by atoms with Gasteiger partial charge in [0.2, 0.25) is 0 Å². The van der Waals surface area contributed by atoms with Crippen molar-refractivity contribution in [1.82, 2.24) is 15.1 Å². The van der Waals surface area contributed by atoms with Gasteiger partial charge in [-0.2, -0.15) is 5.10 Å². The Morgan fingerprint density at radius 2 is 2.30 bits per heavy atom. The number of methoxy groups -OCH3 is 1. The summed E-state index contributed by atoms with van der Waals surface area (Å²) in [4.78, 5) is 1.19. The molecule has 0 bridgehead atoms. The maximum atomic E-state index is 5.30. The molecule has 20 heavy (non-hydrogen) atoms. The molecule has 1 unspecified atom stereocenters. The van der Waals surface area contributed by atoms with Crippen LogP contribution >= 0.6 is 11.8 Å². The molecule has 5 heteroatoms. The van der Waals surface area contributed by atoms with Gasteiger partial charge in [0.25, 0.3) is 0 Å². The Hall–Kier alpha value is -1.46. The molecule has 1 aromatic carbocycles. The number of thioether (sulfide) groups is 1. The summed E-state index contributed by atoms with van der Waals surface area (Å²) in [6.45, 7) is 3.07. The molecule has 0 saturated carbocycles. The number of hydrogen-bond acceptors (Lipinski definition) is 4. The zero-order chi connectivity index (χ0) is 14.4. The van der Waals surface area contributed by atoms with Crippen molar-refractivity contribution in [2.24, 2.45) is 7.05 Å². The average Bonchev–Trinajstić information content (AvgIpc) is 2.89. The van der Waals surface area contributed by atoms with E-state index in [-0.39, 0.29) is 0 Å². The normalized spacial score (nSPS) is 12.3. The van der Waals surface area contributed by atoms with Gasteiger partial charge in [-0.05, 0) is 24.2 Å². The monoisotopic (exact) mass is 291 g/mol. The molecule has 0 spiro atoms. The quantitative estimate of drug-likeness (QED) is 0.796. The van der Waals surface area contributed by atoms with Gasteiger partial charge in [0.05, 0.1) is 13.3 Å². The van der Waals surface area contributed by atoms with Crippen LogP contribution in [-0.2, 0) is 7.05 Å². The highest BCUT2D eigenvalue weighted by atomic mass is 32.2. The fourth-order valence-electron chi connectivity index (χ4n) is 2.03. The molecule has 1 N–H and O–H groups in total. The summed E-state index contributed by atoms with van der Waals surface area (Å²) >= 11 is 1.81. The number of rotatable bonds is 7. The average molecular weight is 291 g/mol. The van der Waals surface area contributed by atoms with E-state index in [0.29, 0.717) is 6.04 Å². The van der Waals surface area contributed by atoms with E-state index in [1.807, 2.05) is 48.0 Å². The Morgan fingerprint density at radius 1 is 1.45 bits per heavy atom. The third-order valence-corrected chi connectivity index (χ3v) is 4.09. The van der Waals surface area contributed by atoms with Gasteiger partial charge in [-0.1, -0.05) is 19.1 Å². The van der Waals surface area contributed by atoms with Crippen LogP contribution in [0.15, 0.2) is 41.6 Å². The number of aromatic nitrogens is 2. The molecule has 0 aliphatic rings. The van der Waals surface area contributed by atoms with E-state index >= 15 is 0 Å². The summed E-state index contributed by atoms with van der Waals surface area (Å²) in [5.74, 6) is 1.86. The molecule has 2 rings (SSSR count). The molecule has 1 atom stereocenters. The van der Waals surface area contributed by atoms with E-state index in [9.17, 15) is 0 Å². The largest absolute Gasteiger partial charge is 0.497 e. The SMILES string of the molecule is CCNC(CSc1cnn(C)c1)c1cccc(OC)c1. The van der Waals surface area contributed by atoms with Crippen molar-refractivity contribution in [3.63, 3.8) is 0 Å². The maximum Gasteiger partial charge on any atom is 0.119 e. The molecule has 4 nitrogen and oxygen atoms in total. The fraction of sp³-hybridized carbons (Fsp3) is 0.400. The van der Waals surface area contributed by atoms with E-state index in [1.165, 1.54) is 10.5 Å². The van der Waals surface area contributed by atoms with Crippen molar-refractivity contribution in [3.05, 3.63) is 42.2 Å². The van der Waals surface area contributed by atoms with E-state index in [1.54, 1.807) is 7.11 Å². The minimum Gasteiger partial charge on any atom is -0.497 e. The molecule has 0 saturated heterocycles. The molecule has 0 amide bonds. The van der Waals surface area contributed by atoms with Crippen LogP contribution in [-0.4, -0.2) is 29.2 Å². The van der Waals surface area contributed by atoms with Gasteiger partial charge >= 0.3 is 0 Å². The van der Waals surface area contributed by atoms with E-state index in [2.05, 4.69) is 29.5 Å². The number of hydrogen-bond donors (Lipinski definition) is 1. The van der Waals surface area contributed by atoms with Crippen molar-refractivity contribution in [2.45, 2.75) is 17.9 Å². The summed E-state index contributed by atoms with van der Waals surface area (Å²) in [6.07, 6.45) is 3.94. The molecule has 1 aromatic heterocycles. The predicted octanol–water partition coefficient (Wildman–Crippen LogP) is 2.87. The number of ether oxygens (including phenoxy) is 1. The molecule has 1 heterocycles. The summed E-state index contributed by atoms with van der Waals surface area (Å²) in [5, 5.41) is 7.72. The Balaban J connectivity index is 2.05. The lowest BCUT2D eigenvalue weighted by Crippen LogP contribution is -2.22. The van der Waals surface area contributed by atoms with Crippen LogP contribution in [0.5, 0.6) is 5.75 Å². The second-order valence-electron chi connectivity index (χ2n) is 4.55. The fourth-order valence-corrected chi connectivity index (χ4v) is 3.05. The molecular weight excluding hydrogens is 270 g/mol. The lowest BCUT2D eigenvalue weighted by Gasteiger charge is -2.18. The van der Waals surface area contributed by atoms with Gasteiger partial charge in [-0.25, -0.2) is 0 Å². The lowest BCUT2D eigenvalue weighted by atomic mass is 10.1. The third kappa shape index (κ3) is 4.02. The number of aryl methyl sites for hydroxylation is 1. The van der Waals surface area contributed by atoms with Crippen molar-refractivity contribution < 1.29 is 4.74 Å². The summed E-state index contributed by atoms with van der Waals surface area (Å²) in [5.41, 5.74) is 1.25. The second-order valence-corrected chi connectivity index (χ2v) is 5.64. The Bertz CT molecular complexity index is 541. The molecule has 0 aliphatic carbocycles. The van der Waals surface area contributed by atoms with Crippen LogP contribution in [0, 0.1) is 0 Å². The second kappa shape index (κ2) is 7.36. The maximum absolute atomic E-state index is 5.30. The Labute approximate surface area is 124 Å². The Kier molecular flexibility index (Phi) is 5.49. The predicted molar refractivity (Wildman–Crippen MR) is 83.3 cm³/mol. The third-order valence-electron chi connectivity index (χ3n) is 3.04. The number of benzene rings is 1. The highest BCUT2D eigenvalue weighted by Crippen LogP contribution is 2.26. The van der Waals surface area contributed by atoms with Crippen molar-refractivity contribution >= 4 is 11.8 Å². The van der Waals surface area contributed by atoms with Gasteiger partial charge in [0.15, 0.2) is 0 Å². The van der Waals surface area contributed by atoms with E-state index in [0.717, 1.165) is 18.0 Å². The first-order valence-corrected chi connectivity index (χ1v) is 7.70. The zero-order valence-corrected chi connectivity index (χ0v) is 13.0. The molecule has 0 radical (unpaired) electrons. The Morgan fingerprint density at radius 3 is 2.95 bits per heavy atom. The minimum absolute atomic E-state index is 0.306. The summed E-state index contributed by atoms with van der Waals surface area (Å²) < 4.78 is 7.13. The first-order chi connectivity index (χ1) is 9.72. The minimum atomic E-state index is 0.306. The van der Waals surface area contributed by atoms with E-state index < -0.39 is 0 Å². The molecule has 2 aromatic rings. The highest BCUT2D eigenvalue weighted by molar-refractivity contribution is 7.99. The molecule has 108 valence electrons. The first-order valence-electron chi connectivity index (χ1n) is 6.71. The zero-order valence-electron chi connectivity index (χ0n) is 12.2. The standard InChI is InChI=1S/C15H21N3OS/c1-4-16-15(11-20-14-9-17-18(2)10-14)12-6-5-7-13(8-12)19-3/h5-10,15-16H,4,11H2,1-3H3. The number of nitrogens with zero attached hydrogens (tertiary/aromatic N) is 2. The lowest BCUT2D eigenvalue weighted by molar-refractivity contribution is 0.413. The van der Waals surface area contributed by atoms with Gasteiger partial charge in [0.1, 0.15) is 5.75 Å². The first kappa shape index (κ1) is 14.9. The van der Waals surface area contributed by atoms with Crippen LogP contribution in [0.3, 0.4) is 0 Å². The van der Waals surface area contributed by atoms with Crippen molar-refractivity contribution in [1.29, 1.82) is 0 Å². The van der Waals surface area contributed by atoms with Crippen molar-refractivity contribution in [3.8, 4) is 5.75 Å². The van der Waals surface area contributed by atoms with Crippen LogP contribution in [0.25, 0.3) is 0 Å². The van der Waals surface area contributed by atoms with E-state index in [4.69, 9.17) is 4.74 Å². The topological polar surface area (TPSA) is 39.1 Å². The molecule has 0 aliphatic heterocycles. The van der Waals surface area contributed by atoms with Gasteiger partial charge in [-0.15, -0.1) is 11.8 Å². The smallest absolute Gasteiger partial charge is 0.119 e. The summed E-state index contributed by atoms with van der Waals surface area (Å²) in [7, 11) is 3.64. The number of nitrogens with one attached hydrogen (secondary N) is 1.